The number of hydrogen-bond donors (Lipinski definition) is 3. The number of carbonyl (C=O) groups is 2. The van der Waals surface area contributed by atoms with Gasteiger partial charge in [-0.2, -0.15) is 0 Å². The number of aliphatic carboxylic acids is 1. The number of aromatic nitrogens is 1. The number of nitrogens with zero attached hydrogens (tertiary/aromatic N) is 1. The SMILES string of the molecule is Cc1ncsc1CNC(=O)NC1(C(=O)O)CCCCC1. The van der Waals surface area contributed by atoms with Crippen LogP contribution in [0.4, 0.5) is 4.79 Å². The molecule has 110 valence electrons. The third-order valence-electron chi connectivity index (χ3n) is 3.72. The van der Waals surface area contributed by atoms with Gasteiger partial charge in [0.1, 0.15) is 5.54 Å². The van der Waals surface area contributed by atoms with Crippen LogP contribution in [-0.4, -0.2) is 27.6 Å². The van der Waals surface area contributed by atoms with Crippen LogP contribution in [0.5, 0.6) is 0 Å². The number of carboxylic acids is 1. The van der Waals surface area contributed by atoms with E-state index in [0.717, 1.165) is 29.8 Å². The Kier molecular flexibility index (Phi) is 4.59. The summed E-state index contributed by atoms with van der Waals surface area (Å²) in [7, 11) is 0. The predicted molar refractivity (Wildman–Crippen MR) is 75.7 cm³/mol. The second-order valence-corrected chi connectivity index (χ2v) is 6.06. The van der Waals surface area contributed by atoms with E-state index in [1.165, 1.54) is 11.3 Å². The highest BCUT2D eigenvalue weighted by atomic mass is 32.1. The molecule has 1 aliphatic rings. The molecular weight excluding hydrogens is 278 g/mol. The molecule has 1 heterocycles. The Balaban J connectivity index is 1.92. The van der Waals surface area contributed by atoms with Crippen LogP contribution < -0.4 is 10.6 Å². The van der Waals surface area contributed by atoms with Gasteiger partial charge in [0.25, 0.3) is 0 Å². The van der Waals surface area contributed by atoms with E-state index in [1.54, 1.807) is 5.51 Å². The third-order valence-corrected chi connectivity index (χ3v) is 4.66. The Hall–Kier alpha value is -1.63. The number of urea groups is 1. The highest BCUT2D eigenvalue weighted by Gasteiger charge is 2.40. The van der Waals surface area contributed by atoms with Crippen LogP contribution >= 0.6 is 11.3 Å². The van der Waals surface area contributed by atoms with Gasteiger partial charge in [-0.1, -0.05) is 19.3 Å². The van der Waals surface area contributed by atoms with Gasteiger partial charge in [-0.05, 0) is 19.8 Å². The summed E-state index contributed by atoms with van der Waals surface area (Å²) in [5.74, 6) is -0.943. The molecule has 0 spiro atoms. The van der Waals surface area contributed by atoms with Gasteiger partial charge in [0.2, 0.25) is 0 Å². The zero-order valence-electron chi connectivity index (χ0n) is 11.4. The molecule has 0 aromatic carbocycles. The first-order valence-corrected chi connectivity index (χ1v) is 7.60. The van der Waals surface area contributed by atoms with Gasteiger partial charge in [0.15, 0.2) is 0 Å². The summed E-state index contributed by atoms with van der Waals surface area (Å²) in [5.41, 5.74) is 1.51. The summed E-state index contributed by atoms with van der Waals surface area (Å²) in [4.78, 5) is 28.5. The maximum Gasteiger partial charge on any atom is 0.329 e. The zero-order chi connectivity index (χ0) is 14.6. The lowest BCUT2D eigenvalue weighted by molar-refractivity contribution is -0.145. The fraction of sp³-hybridized carbons (Fsp3) is 0.615. The monoisotopic (exact) mass is 297 g/mol. The third kappa shape index (κ3) is 3.27. The van der Waals surface area contributed by atoms with Crippen molar-refractivity contribution in [1.82, 2.24) is 15.6 Å². The summed E-state index contributed by atoms with van der Waals surface area (Å²) in [6, 6.07) is -0.429. The molecule has 0 saturated heterocycles. The molecule has 2 amide bonds. The molecule has 1 fully saturated rings. The highest BCUT2D eigenvalue weighted by Crippen LogP contribution is 2.28. The van der Waals surface area contributed by atoms with Gasteiger partial charge in [-0.3, -0.25) is 0 Å². The lowest BCUT2D eigenvalue weighted by Crippen LogP contribution is -2.57. The van der Waals surface area contributed by atoms with Gasteiger partial charge < -0.3 is 15.7 Å². The summed E-state index contributed by atoms with van der Waals surface area (Å²) < 4.78 is 0. The Morgan fingerprint density at radius 1 is 1.40 bits per heavy atom. The van der Waals surface area contributed by atoms with Gasteiger partial charge in [0, 0.05) is 4.88 Å². The van der Waals surface area contributed by atoms with Crippen LogP contribution in [0, 0.1) is 6.92 Å². The van der Waals surface area contributed by atoms with E-state index in [0.29, 0.717) is 19.4 Å². The average molecular weight is 297 g/mol. The standard InChI is InChI=1S/C13H19N3O3S/c1-9-10(20-8-15-9)7-14-12(19)16-13(11(17)18)5-3-2-4-6-13/h8H,2-7H2,1H3,(H,17,18)(H2,14,16,19). The highest BCUT2D eigenvalue weighted by molar-refractivity contribution is 7.09. The van der Waals surface area contributed by atoms with Crippen molar-refractivity contribution in [3.8, 4) is 0 Å². The van der Waals surface area contributed by atoms with Crippen molar-refractivity contribution < 1.29 is 14.7 Å². The van der Waals surface area contributed by atoms with E-state index in [-0.39, 0.29) is 0 Å². The van der Waals surface area contributed by atoms with Crippen LogP contribution in [0.25, 0.3) is 0 Å². The van der Waals surface area contributed by atoms with Crippen LogP contribution in [0.15, 0.2) is 5.51 Å². The molecule has 1 aromatic rings. The van der Waals surface area contributed by atoms with Gasteiger partial charge in [-0.25, -0.2) is 14.6 Å². The van der Waals surface area contributed by atoms with E-state index < -0.39 is 17.5 Å². The van der Waals surface area contributed by atoms with E-state index in [9.17, 15) is 14.7 Å². The quantitative estimate of drug-likeness (QED) is 0.793. The molecule has 6 nitrogen and oxygen atoms in total. The number of carbonyl (C=O) groups excluding carboxylic acids is 1. The average Bonchev–Trinajstić information content (AvgIpc) is 2.83. The minimum absolute atomic E-state index is 0.373. The van der Waals surface area contributed by atoms with Gasteiger partial charge >= 0.3 is 12.0 Å². The second-order valence-electron chi connectivity index (χ2n) is 5.12. The Morgan fingerprint density at radius 3 is 2.65 bits per heavy atom. The van der Waals surface area contributed by atoms with E-state index in [4.69, 9.17) is 0 Å². The first-order valence-electron chi connectivity index (χ1n) is 6.72. The second kappa shape index (κ2) is 6.21. The number of carboxylic acid groups (broad SMARTS) is 1. The van der Waals surface area contributed by atoms with Gasteiger partial charge in [-0.15, -0.1) is 11.3 Å². The topological polar surface area (TPSA) is 91.3 Å². The molecule has 0 radical (unpaired) electrons. The smallest absolute Gasteiger partial charge is 0.329 e. The molecule has 20 heavy (non-hydrogen) atoms. The molecule has 7 heteroatoms. The molecule has 0 unspecified atom stereocenters. The first kappa shape index (κ1) is 14.8. The molecule has 0 aliphatic heterocycles. The lowest BCUT2D eigenvalue weighted by atomic mass is 9.82. The molecule has 0 bridgehead atoms. The number of hydrogen-bond acceptors (Lipinski definition) is 4. The Morgan fingerprint density at radius 2 is 2.10 bits per heavy atom. The van der Waals surface area contributed by atoms with Crippen LogP contribution in [0.1, 0.15) is 42.7 Å². The number of rotatable bonds is 4. The fourth-order valence-corrected chi connectivity index (χ4v) is 3.18. The predicted octanol–water partition coefficient (Wildman–Crippen LogP) is 2.04. The summed E-state index contributed by atoms with van der Waals surface area (Å²) in [6.07, 6.45) is 3.68. The Bertz CT molecular complexity index is 495. The first-order chi connectivity index (χ1) is 9.53. The summed E-state index contributed by atoms with van der Waals surface area (Å²) >= 11 is 1.47. The number of thiazole rings is 1. The molecule has 3 N–H and O–H groups in total. The van der Waals surface area contributed by atoms with Crippen LogP contribution in [-0.2, 0) is 11.3 Å². The Labute approximate surface area is 121 Å². The largest absolute Gasteiger partial charge is 0.480 e. The number of aryl methyl sites for hydroxylation is 1. The molecule has 1 aromatic heterocycles. The van der Waals surface area contributed by atoms with Crippen molar-refractivity contribution in [3.05, 3.63) is 16.1 Å². The molecule has 2 rings (SSSR count). The molecule has 1 saturated carbocycles. The minimum Gasteiger partial charge on any atom is -0.480 e. The number of amides is 2. The molecule has 0 atom stereocenters. The molecule has 1 aliphatic carbocycles. The van der Waals surface area contributed by atoms with Crippen molar-refractivity contribution in [1.29, 1.82) is 0 Å². The van der Waals surface area contributed by atoms with E-state index >= 15 is 0 Å². The fourth-order valence-electron chi connectivity index (χ4n) is 2.47. The lowest BCUT2D eigenvalue weighted by Gasteiger charge is -2.33. The number of nitrogens with one attached hydrogen (secondary N) is 2. The van der Waals surface area contributed by atoms with Crippen molar-refractivity contribution in [2.45, 2.75) is 51.1 Å². The maximum absolute atomic E-state index is 11.9. The van der Waals surface area contributed by atoms with Crippen molar-refractivity contribution in [2.24, 2.45) is 0 Å². The van der Waals surface area contributed by atoms with Crippen molar-refractivity contribution in [3.63, 3.8) is 0 Å². The summed E-state index contributed by atoms with van der Waals surface area (Å²) in [5, 5.41) is 14.7. The molecular formula is C13H19N3O3S. The van der Waals surface area contributed by atoms with E-state index in [2.05, 4.69) is 15.6 Å². The van der Waals surface area contributed by atoms with Crippen molar-refractivity contribution in [2.75, 3.05) is 0 Å². The minimum atomic E-state index is -1.11. The summed E-state index contributed by atoms with van der Waals surface area (Å²) in [6.45, 7) is 2.25. The normalized spacial score (nSPS) is 17.4. The zero-order valence-corrected chi connectivity index (χ0v) is 12.3. The van der Waals surface area contributed by atoms with E-state index in [1.807, 2.05) is 6.92 Å². The van der Waals surface area contributed by atoms with Crippen molar-refractivity contribution >= 4 is 23.3 Å². The van der Waals surface area contributed by atoms with Crippen LogP contribution in [0.2, 0.25) is 0 Å². The van der Waals surface area contributed by atoms with Crippen LogP contribution in [0.3, 0.4) is 0 Å². The van der Waals surface area contributed by atoms with Gasteiger partial charge in [0.05, 0.1) is 17.7 Å². The maximum atomic E-state index is 11.9.